The summed E-state index contributed by atoms with van der Waals surface area (Å²) in [5.41, 5.74) is 0.746. The molecule has 0 radical (unpaired) electrons. The SMILES string of the molecule is CC(=O)c1ccnc(N2CCSCC2C)c1. The van der Waals surface area contributed by atoms with Crippen molar-refractivity contribution in [3.05, 3.63) is 23.9 Å². The van der Waals surface area contributed by atoms with E-state index in [1.807, 2.05) is 17.8 Å². The van der Waals surface area contributed by atoms with Crippen LogP contribution in [-0.4, -0.2) is 34.9 Å². The van der Waals surface area contributed by atoms with Crippen molar-refractivity contribution < 1.29 is 4.79 Å². The minimum absolute atomic E-state index is 0.0997. The molecule has 86 valence electrons. The van der Waals surface area contributed by atoms with Crippen molar-refractivity contribution in [2.75, 3.05) is 23.0 Å². The first-order valence-electron chi connectivity index (χ1n) is 5.50. The Labute approximate surface area is 100 Å². The number of ketones is 1. The standard InChI is InChI=1S/C12H16N2OS/c1-9-8-16-6-5-14(9)12-7-11(10(2)15)3-4-13-12/h3-4,7,9H,5-6,8H2,1-2H3. The molecule has 1 aliphatic heterocycles. The van der Waals surface area contributed by atoms with Crippen LogP contribution in [0.3, 0.4) is 0 Å². The maximum Gasteiger partial charge on any atom is 0.159 e. The molecule has 0 aromatic carbocycles. The number of pyridine rings is 1. The third-order valence-corrected chi connectivity index (χ3v) is 4.00. The highest BCUT2D eigenvalue weighted by Crippen LogP contribution is 2.22. The van der Waals surface area contributed by atoms with Gasteiger partial charge in [-0.3, -0.25) is 4.79 Å². The lowest BCUT2D eigenvalue weighted by Gasteiger charge is -2.34. The normalized spacial score (nSPS) is 20.9. The molecule has 1 aromatic heterocycles. The molecule has 0 bridgehead atoms. The third kappa shape index (κ3) is 2.38. The lowest BCUT2D eigenvalue weighted by Crippen LogP contribution is -2.40. The van der Waals surface area contributed by atoms with Gasteiger partial charge in [0.15, 0.2) is 5.78 Å². The number of rotatable bonds is 2. The van der Waals surface area contributed by atoms with Gasteiger partial charge in [-0.05, 0) is 26.0 Å². The summed E-state index contributed by atoms with van der Waals surface area (Å²) in [6.45, 7) is 4.81. The van der Waals surface area contributed by atoms with Gasteiger partial charge in [0, 0.05) is 35.9 Å². The van der Waals surface area contributed by atoms with Crippen molar-refractivity contribution in [1.82, 2.24) is 4.98 Å². The van der Waals surface area contributed by atoms with Gasteiger partial charge in [-0.2, -0.15) is 11.8 Å². The molecule has 3 nitrogen and oxygen atoms in total. The Morgan fingerprint density at radius 2 is 2.44 bits per heavy atom. The molecule has 0 N–H and O–H groups in total. The second-order valence-electron chi connectivity index (χ2n) is 4.08. The van der Waals surface area contributed by atoms with E-state index in [4.69, 9.17) is 0 Å². The van der Waals surface area contributed by atoms with E-state index in [0.29, 0.717) is 6.04 Å². The smallest absolute Gasteiger partial charge is 0.159 e. The van der Waals surface area contributed by atoms with Crippen molar-refractivity contribution in [2.24, 2.45) is 0 Å². The second kappa shape index (κ2) is 4.87. The van der Waals surface area contributed by atoms with Gasteiger partial charge in [-0.25, -0.2) is 4.98 Å². The molecule has 1 aromatic rings. The summed E-state index contributed by atoms with van der Waals surface area (Å²) in [5.74, 6) is 3.30. The largest absolute Gasteiger partial charge is 0.352 e. The van der Waals surface area contributed by atoms with E-state index in [2.05, 4.69) is 16.8 Å². The van der Waals surface area contributed by atoms with Gasteiger partial charge in [-0.15, -0.1) is 0 Å². The summed E-state index contributed by atoms with van der Waals surface area (Å²) in [6.07, 6.45) is 1.72. The monoisotopic (exact) mass is 236 g/mol. The van der Waals surface area contributed by atoms with Gasteiger partial charge in [0.2, 0.25) is 0 Å². The maximum absolute atomic E-state index is 11.3. The van der Waals surface area contributed by atoms with Crippen LogP contribution in [0.15, 0.2) is 18.3 Å². The predicted molar refractivity (Wildman–Crippen MR) is 68.4 cm³/mol. The van der Waals surface area contributed by atoms with Crippen LogP contribution in [0.2, 0.25) is 0 Å². The molecule has 1 saturated heterocycles. The van der Waals surface area contributed by atoms with Crippen LogP contribution in [0.1, 0.15) is 24.2 Å². The minimum atomic E-state index is 0.0997. The van der Waals surface area contributed by atoms with Gasteiger partial charge in [-0.1, -0.05) is 0 Å². The zero-order valence-corrected chi connectivity index (χ0v) is 10.5. The number of carbonyl (C=O) groups is 1. The van der Waals surface area contributed by atoms with Crippen molar-refractivity contribution in [3.63, 3.8) is 0 Å². The third-order valence-electron chi connectivity index (χ3n) is 2.81. The number of aromatic nitrogens is 1. The Hall–Kier alpha value is -1.03. The van der Waals surface area contributed by atoms with Crippen LogP contribution >= 0.6 is 11.8 Å². The van der Waals surface area contributed by atoms with E-state index in [-0.39, 0.29) is 5.78 Å². The molecule has 0 amide bonds. The number of anilines is 1. The van der Waals surface area contributed by atoms with Gasteiger partial charge < -0.3 is 4.90 Å². The van der Waals surface area contributed by atoms with Crippen LogP contribution in [-0.2, 0) is 0 Å². The first kappa shape index (κ1) is 11.5. The molecule has 16 heavy (non-hydrogen) atoms. The Morgan fingerprint density at radius 3 is 3.12 bits per heavy atom. The van der Waals surface area contributed by atoms with Gasteiger partial charge in [0.1, 0.15) is 5.82 Å². The minimum Gasteiger partial charge on any atom is -0.352 e. The number of hydrogen-bond acceptors (Lipinski definition) is 4. The predicted octanol–water partition coefficient (Wildman–Crippen LogP) is 2.23. The average Bonchev–Trinajstić information content (AvgIpc) is 2.30. The molecule has 4 heteroatoms. The lowest BCUT2D eigenvalue weighted by atomic mass is 10.2. The number of hydrogen-bond donors (Lipinski definition) is 0. The highest BCUT2D eigenvalue weighted by Gasteiger charge is 2.20. The number of carbonyl (C=O) groups excluding carboxylic acids is 1. The summed E-state index contributed by atoms with van der Waals surface area (Å²) in [7, 11) is 0. The van der Waals surface area contributed by atoms with E-state index in [1.165, 1.54) is 0 Å². The van der Waals surface area contributed by atoms with Gasteiger partial charge >= 0.3 is 0 Å². The van der Waals surface area contributed by atoms with Crippen LogP contribution < -0.4 is 4.90 Å². The second-order valence-corrected chi connectivity index (χ2v) is 5.23. The van der Waals surface area contributed by atoms with Crippen molar-refractivity contribution in [3.8, 4) is 0 Å². The van der Waals surface area contributed by atoms with Crippen LogP contribution in [0.25, 0.3) is 0 Å². The lowest BCUT2D eigenvalue weighted by molar-refractivity contribution is 0.101. The molecule has 1 atom stereocenters. The summed E-state index contributed by atoms with van der Waals surface area (Å²) < 4.78 is 0. The average molecular weight is 236 g/mol. The van der Waals surface area contributed by atoms with Crippen LogP contribution in [0.5, 0.6) is 0 Å². The molecule has 1 fully saturated rings. The van der Waals surface area contributed by atoms with E-state index < -0.39 is 0 Å². The molecule has 2 rings (SSSR count). The first-order valence-corrected chi connectivity index (χ1v) is 6.65. The molecule has 2 heterocycles. The zero-order chi connectivity index (χ0) is 11.5. The summed E-state index contributed by atoms with van der Waals surface area (Å²) in [4.78, 5) is 18.0. The molecular weight excluding hydrogens is 220 g/mol. The fourth-order valence-electron chi connectivity index (χ4n) is 1.86. The van der Waals surface area contributed by atoms with Crippen LogP contribution in [0, 0.1) is 0 Å². The van der Waals surface area contributed by atoms with E-state index in [0.717, 1.165) is 29.4 Å². The molecule has 0 aliphatic carbocycles. The fraction of sp³-hybridized carbons (Fsp3) is 0.500. The van der Waals surface area contributed by atoms with Crippen molar-refractivity contribution >= 4 is 23.4 Å². The van der Waals surface area contributed by atoms with E-state index in [1.54, 1.807) is 19.2 Å². The molecule has 0 spiro atoms. The van der Waals surface area contributed by atoms with Crippen molar-refractivity contribution in [1.29, 1.82) is 0 Å². The maximum atomic E-state index is 11.3. The van der Waals surface area contributed by atoms with E-state index in [9.17, 15) is 4.79 Å². The fourth-order valence-corrected chi connectivity index (χ4v) is 2.88. The molecule has 1 aliphatic rings. The summed E-state index contributed by atoms with van der Waals surface area (Å²) in [6, 6.07) is 4.16. The number of nitrogens with zero attached hydrogens (tertiary/aromatic N) is 2. The Balaban J connectivity index is 2.25. The number of thioether (sulfide) groups is 1. The topological polar surface area (TPSA) is 33.2 Å². The summed E-state index contributed by atoms with van der Waals surface area (Å²) >= 11 is 1.98. The quantitative estimate of drug-likeness (QED) is 0.737. The van der Waals surface area contributed by atoms with E-state index >= 15 is 0 Å². The molecular formula is C12H16N2OS. The number of Topliss-reactive ketones (excluding diaryl/α,β-unsaturated/α-hetero) is 1. The molecule has 1 unspecified atom stereocenters. The zero-order valence-electron chi connectivity index (χ0n) is 9.64. The Morgan fingerprint density at radius 1 is 1.62 bits per heavy atom. The Kier molecular flexibility index (Phi) is 3.49. The van der Waals surface area contributed by atoms with Gasteiger partial charge in [0.05, 0.1) is 0 Å². The summed E-state index contributed by atoms with van der Waals surface area (Å²) in [5, 5.41) is 0. The van der Waals surface area contributed by atoms with Crippen molar-refractivity contribution in [2.45, 2.75) is 19.9 Å². The molecule has 0 saturated carbocycles. The van der Waals surface area contributed by atoms with Gasteiger partial charge in [0.25, 0.3) is 0 Å². The first-order chi connectivity index (χ1) is 7.68. The highest BCUT2D eigenvalue weighted by atomic mass is 32.2. The highest BCUT2D eigenvalue weighted by molar-refractivity contribution is 7.99. The van der Waals surface area contributed by atoms with Crippen LogP contribution in [0.4, 0.5) is 5.82 Å². The Bertz CT molecular complexity index is 394.